The summed E-state index contributed by atoms with van der Waals surface area (Å²) in [6.45, 7) is 1.90. The molecule has 0 amide bonds. The molecule has 0 spiro atoms. The van der Waals surface area contributed by atoms with Crippen LogP contribution in [0.1, 0.15) is 16.1 Å². The zero-order valence-corrected chi connectivity index (χ0v) is 17.9. The van der Waals surface area contributed by atoms with Gasteiger partial charge in [0.25, 0.3) is 0 Å². The Morgan fingerprint density at radius 1 is 1.03 bits per heavy atom. The topological polar surface area (TPSA) is 76.5 Å². The number of H-pyrrole nitrogens is 1. The highest BCUT2D eigenvalue weighted by atomic mass is 32.2. The molecule has 3 heterocycles. The number of aromatic amines is 1. The van der Waals surface area contributed by atoms with Gasteiger partial charge in [-0.25, -0.2) is 4.39 Å². The summed E-state index contributed by atoms with van der Waals surface area (Å²) >= 11 is 1.30. The Morgan fingerprint density at radius 2 is 1.78 bits per heavy atom. The normalized spacial score (nSPS) is 11.2. The van der Waals surface area contributed by atoms with Crippen molar-refractivity contribution >= 4 is 28.4 Å². The molecule has 0 bridgehead atoms. The molecule has 0 unspecified atom stereocenters. The molecule has 6 nitrogen and oxygen atoms in total. The van der Waals surface area contributed by atoms with Gasteiger partial charge in [0.1, 0.15) is 5.82 Å². The Labute approximate surface area is 187 Å². The largest absolute Gasteiger partial charge is 0.358 e. The highest BCUT2D eigenvalue weighted by Gasteiger charge is 2.20. The molecule has 3 aromatic heterocycles. The van der Waals surface area contributed by atoms with Crippen molar-refractivity contribution in [2.45, 2.75) is 12.1 Å². The Morgan fingerprint density at radius 3 is 2.56 bits per heavy atom. The van der Waals surface area contributed by atoms with E-state index in [0.717, 1.165) is 22.2 Å². The number of aryl methyl sites for hydroxylation is 1. The zero-order valence-electron chi connectivity index (χ0n) is 17.1. The second kappa shape index (κ2) is 8.39. The summed E-state index contributed by atoms with van der Waals surface area (Å²) in [7, 11) is 0. The van der Waals surface area contributed by atoms with Crippen LogP contribution in [0.15, 0.2) is 78.2 Å². The van der Waals surface area contributed by atoms with E-state index in [1.165, 1.54) is 23.9 Å². The van der Waals surface area contributed by atoms with Crippen molar-refractivity contribution in [3.63, 3.8) is 0 Å². The Hall–Kier alpha value is -3.78. The monoisotopic (exact) mass is 443 g/mol. The van der Waals surface area contributed by atoms with Crippen LogP contribution in [-0.2, 0) is 0 Å². The quantitative estimate of drug-likeness (QED) is 0.287. The number of halogens is 1. The van der Waals surface area contributed by atoms with Crippen molar-refractivity contribution in [1.82, 2.24) is 24.7 Å². The Kier molecular flexibility index (Phi) is 5.28. The molecule has 2 aromatic carbocycles. The minimum absolute atomic E-state index is 0.00377. The number of carbonyl (C=O) groups excluding carboxylic acids is 1. The minimum atomic E-state index is -0.327. The molecule has 1 N–H and O–H groups in total. The van der Waals surface area contributed by atoms with Crippen LogP contribution in [0.4, 0.5) is 4.39 Å². The van der Waals surface area contributed by atoms with Crippen molar-refractivity contribution in [2.24, 2.45) is 0 Å². The predicted molar refractivity (Wildman–Crippen MR) is 123 cm³/mol. The maximum atomic E-state index is 13.5. The molecule has 32 heavy (non-hydrogen) atoms. The fraction of sp³-hybridized carbons (Fsp3) is 0.0833. The lowest BCUT2D eigenvalue weighted by molar-refractivity contribution is 0.102. The molecular weight excluding hydrogens is 425 g/mol. The number of hydrogen-bond acceptors (Lipinski definition) is 5. The van der Waals surface area contributed by atoms with E-state index in [-0.39, 0.29) is 17.4 Å². The molecule has 0 saturated heterocycles. The van der Waals surface area contributed by atoms with Gasteiger partial charge in [-0.15, -0.1) is 10.2 Å². The maximum absolute atomic E-state index is 13.5. The van der Waals surface area contributed by atoms with Crippen LogP contribution < -0.4 is 0 Å². The van der Waals surface area contributed by atoms with Crippen LogP contribution >= 0.6 is 11.8 Å². The number of thioether (sulfide) groups is 1. The zero-order chi connectivity index (χ0) is 22.1. The number of ketones is 1. The molecule has 0 radical (unpaired) electrons. The van der Waals surface area contributed by atoms with Crippen LogP contribution in [0.3, 0.4) is 0 Å². The minimum Gasteiger partial charge on any atom is -0.358 e. The third-order valence-corrected chi connectivity index (χ3v) is 6.09. The van der Waals surface area contributed by atoms with Gasteiger partial charge in [0.15, 0.2) is 16.8 Å². The molecular formula is C24H18FN5OS. The van der Waals surface area contributed by atoms with Crippen molar-refractivity contribution < 1.29 is 9.18 Å². The summed E-state index contributed by atoms with van der Waals surface area (Å²) in [6.07, 6.45) is 3.35. The van der Waals surface area contributed by atoms with Crippen molar-refractivity contribution in [3.8, 4) is 17.1 Å². The van der Waals surface area contributed by atoms with E-state index in [4.69, 9.17) is 0 Å². The van der Waals surface area contributed by atoms with E-state index >= 15 is 0 Å². The van der Waals surface area contributed by atoms with E-state index in [0.29, 0.717) is 22.2 Å². The SMILES string of the molecule is Cc1[nH]c2ccccc2c1C(=O)CSc1nnc(-c2ccncc2)n1-c1ccc(F)cc1. The third-order valence-electron chi connectivity index (χ3n) is 5.16. The first kappa shape index (κ1) is 20.1. The molecule has 0 atom stereocenters. The lowest BCUT2D eigenvalue weighted by Gasteiger charge is -2.10. The van der Waals surface area contributed by atoms with Crippen LogP contribution in [-0.4, -0.2) is 36.3 Å². The summed E-state index contributed by atoms with van der Waals surface area (Å²) < 4.78 is 15.4. The van der Waals surface area contributed by atoms with E-state index in [2.05, 4.69) is 20.2 Å². The number of fused-ring (bicyclic) bond motifs is 1. The maximum Gasteiger partial charge on any atom is 0.196 e. The summed E-state index contributed by atoms with van der Waals surface area (Å²) in [4.78, 5) is 20.4. The molecule has 0 saturated carbocycles. The van der Waals surface area contributed by atoms with Crippen molar-refractivity contribution in [3.05, 3.63) is 90.1 Å². The number of para-hydroxylation sites is 1. The number of pyridine rings is 1. The van der Waals surface area contributed by atoms with E-state index in [1.807, 2.05) is 47.9 Å². The molecule has 0 aliphatic carbocycles. The molecule has 8 heteroatoms. The average molecular weight is 444 g/mol. The number of aromatic nitrogens is 5. The first-order chi connectivity index (χ1) is 15.6. The molecule has 5 rings (SSSR count). The smallest absolute Gasteiger partial charge is 0.196 e. The molecule has 0 aliphatic rings. The number of Topliss-reactive ketones (excluding diaryl/α,β-unsaturated/α-hetero) is 1. The highest BCUT2D eigenvalue weighted by Crippen LogP contribution is 2.30. The van der Waals surface area contributed by atoms with Gasteiger partial charge in [0, 0.05) is 45.8 Å². The number of benzene rings is 2. The van der Waals surface area contributed by atoms with Crippen molar-refractivity contribution in [1.29, 1.82) is 0 Å². The van der Waals surface area contributed by atoms with Crippen LogP contribution in [0.5, 0.6) is 0 Å². The van der Waals surface area contributed by atoms with Gasteiger partial charge >= 0.3 is 0 Å². The Balaban J connectivity index is 1.50. The van der Waals surface area contributed by atoms with Gasteiger partial charge in [-0.2, -0.15) is 0 Å². The Bertz CT molecular complexity index is 1410. The van der Waals surface area contributed by atoms with Gasteiger partial charge in [0.05, 0.1) is 5.75 Å². The number of carbonyl (C=O) groups is 1. The predicted octanol–water partition coefficient (Wildman–Crippen LogP) is 5.23. The second-order valence-electron chi connectivity index (χ2n) is 7.24. The molecule has 5 aromatic rings. The molecule has 158 valence electrons. The fourth-order valence-electron chi connectivity index (χ4n) is 3.71. The lowest BCUT2D eigenvalue weighted by Crippen LogP contribution is -2.06. The van der Waals surface area contributed by atoms with Gasteiger partial charge in [0.2, 0.25) is 0 Å². The number of rotatable bonds is 6. The van der Waals surface area contributed by atoms with Gasteiger partial charge in [-0.1, -0.05) is 30.0 Å². The van der Waals surface area contributed by atoms with Gasteiger partial charge in [-0.3, -0.25) is 14.3 Å². The van der Waals surface area contributed by atoms with E-state index < -0.39 is 0 Å². The average Bonchev–Trinajstić information content (AvgIpc) is 3.39. The van der Waals surface area contributed by atoms with Crippen LogP contribution in [0.2, 0.25) is 0 Å². The second-order valence-corrected chi connectivity index (χ2v) is 8.18. The first-order valence-corrected chi connectivity index (χ1v) is 11.0. The summed E-state index contributed by atoms with van der Waals surface area (Å²) in [5, 5.41) is 10.1. The van der Waals surface area contributed by atoms with Gasteiger partial charge < -0.3 is 4.98 Å². The molecule has 0 aliphatic heterocycles. The van der Waals surface area contributed by atoms with Crippen LogP contribution in [0.25, 0.3) is 28.0 Å². The van der Waals surface area contributed by atoms with Gasteiger partial charge in [-0.05, 0) is 49.4 Å². The van der Waals surface area contributed by atoms with Crippen LogP contribution in [0, 0.1) is 12.7 Å². The summed E-state index contributed by atoms with van der Waals surface area (Å²) in [5.74, 6) is 0.464. The third kappa shape index (κ3) is 3.69. The number of hydrogen-bond donors (Lipinski definition) is 1. The fourth-order valence-corrected chi connectivity index (χ4v) is 4.54. The van der Waals surface area contributed by atoms with E-state index in [9.17, 15) is 9.18 Å². The summed E-state index contributed by atoms with van der Waals surface area (Å²) in [6, 6.07) is 17.5. The van der Waals surface area contributed by atoms with E-state index in [1.54, 1.807) is 24.5 Å². The van der Waals surface area contributed by atoms with Crippen molar-refractivity contribution in [2.75, 3.05) is 5.75 Å². The number of nitrogens with zero attached hydrogens (tertiary/aromatic N) is 4. The first-order valence-electron chi connectivity index (χ1n) is 9.97. The summed E-state index contributed by atoms with van der Waals surface area (Å²) in [5.41, 5.74) is 4.00. The molecule has 0 fully saturated rings. The number of nitrogens with one attached hydrogen (secondary N) is 1. The lowest BCUT2D eigenvalue weighted by atomic mass is 10.1. The standard InChI is InChI=1S/C24H18FN5OS/c1-15-22(19-4-2-3-5-20(19)27-15)21(31)14-32-24-29-28-23(16-10-12-26-13-11-16)30(24)18-8-6-17(25)7-9-18/h2-13,27H,14H2,1H3. The highest BCUT2D eigenvalue weighted by molar-refractivity contribution is 7.99.